The number of benzene rings is 1. The van der Waals surface area contributed by atoms with E-state index in [4.69, 9.17) is 4.42 Å². The number of hydrogen-bond acceptors (Lipinski definition) is 3. The number of nitrogens with one attached hydrogen (secondary N) is 1. The van der Waals surface area contributed by atoms with Crippen LogP contribution in [0.3, 0.4) is 0 Å². The lowest BCUT2D eigenvalue weighted by Gasteiger charge is -2.22. The van der Waals surface area contributed by atoms with Gasteiger partial charge in [0.25, 0.3) is 0 Å². The predicted octanol–water partition coefficient (Wildman–Crippen LogP) is 2.87. The Morgan fingerprint density at radius 1 is 1.18 bits per heavy atom. The Kier molecular flexibility index (Phi) is 5.14. The zero-order chi connectivity index (χ0) is 15.9. The third kappa shape index (κ3) is 4.09. The minimum absolute atomic E-state index is 0.377. The van der Waals surface area contributed by atoms with Gasteiger partial charge in [0.05, 0.1) is 18.2 Å². The first-order chi connectivity index (χ1) is 10.6. The number of carboxylic acids is 1. The second-order valence-corrected chi connectivity index (χ2v) is 4.87. The van der Waals surface area contributed by atoms with E-state index in [2.05, 4.69) is 5.32 Å². The van der Waals surface area contributed by atoms with Crippen LogP contribution in [0.4, 0.5) is 0 Å². The Balaban J connectivity index is 2.12. The quantitative estimate of drug-likeness (QED) is 0.804. The highest BCUT2D eigenvalue weighted by Crippen LogP contribution is 2.22. The number of furan rings is 1. The lowest BCUT2D eigenvalue weighted by atomic mass is 9.94. The maximum Gasteiger partial charge on any atom is 0.308 e. The van der Waals surface area contributed by atoms with Gasteiger partial charge >= 0.3 is 5.97 Å². The summed E-state index contributed by atoms with van der Waals surface area (Å²) >= 11 is 0. The molecule has 5 nitrogen and oxygen atoms in total. The molecule has 114 valence electrons. The van der Waals surface area contributed by atoms with Gasteiger partial charge in [-0.15, -0.1) is 0 Å². The average molecular weight is 299 g/mol. The standard InChI is InChI=1S/C17H17NO4/c1-12(17(20)21)16(13-6-3-2-4-7-13)18-15(19)10-9-14-8-5-11-22-14/h2-12,16H,1H3,(H,18,19)(H,20,21). The van der Waals surface area contributed by atoms with Crippen LogP contribution in [0.2, 0.25) is 0 Å². The van der Waals surface area contributed by atoms with E-state index in [0.29, 0.717) is 5.76 Å². The fraction of sp³-hybridized carbons (Fsp3) is 0.176. The monoisotopic (exact) mass is 299 g/mol. The topological polar surface area (TPSA) is 79.5 Å². The van der Waals surface area contributed by atoms with Gasteiger partial charge in [-0.2, -0.15) is 0 Å². The zero-order valence-corrected chi connectivity index (χ0v) is 12.1. The highest BCUT2D eigenvalue weighted by Gasteiger charge is 2.26. The molecule has 22 heavy (non-hydrogen) atoms. The van der Waals surface area contributed by atoms with E-state index in [1.165, 1.54) is 18.4 Å². The van der Waals surface area contributed by atoms with E-state index in [9.17, 15) is 14.7 Å². The molecule has 1 amide bonds. The van der Waals surface area contributed by atoms with Crippen molar-refractivity contribution < 1.29 is 19.1 Å². The van der Waals surface area contributed by atoms with E-state index in [1.807, 2.05) is 18.2 Å². The molecule has 0 fully saturated rings. The predicted molar refractivity (Wildman–Crippen MR) is 81.9 cm³/mol. The van der Waals surface area contributed by atoms with Crippen LogP contribution in [0, 0.1) is 5.92 Å². The molecule has 0 aliphatic heterocycles. The Morgan fingerprint density at radius 3 is 2.50 bits per heavy atom. The molecule has 2 atom stereocenters. The fourth-order valence-electron chi connectivity index (χ4n) is 2.05. The van der Waals surface area contributed by atoms with Crippen molar-refractivity contribution >= 4 is 18.0 Å². The Morgan fingerprint density at radius 2 is 1.91 bits per heavy atom. The molecule has 5 heteroatoms. The molecule has 1 heterocycles. The van der Waals surface area contributed by atoms with Crippen LogP contribution >= 0.6 is 0 Å². The van der Waals surface area contributed by atoms with Crippen molar-refractivity contribution in [3.8, 4) is 0 Å². The molecule has 0 aliphatic rings. The summed E-state index contributed by atoms with van der Waals surface area (Å²) in [6.07, 6.45) is 4.36. The third-order valence-electron chi connectivity index (χ3n) is 3.29. The van der Waals surface area contributed by atoms with Crippen molar-refractivity contribution in [2.45, 2.75) is 13.0 Å². The third-order valence-corrected chi connectivity index (χ3v) is 3.29. The summed E-state index contributed by atoms with van der Waals surface area (Å²) in [5.74, 6) is -1.54. The average Bonchev–Trinajstić information content (AvgIpc) is 3.04. The second kappa shape index (κ2) is 7.26. The van der Waals surface area contributed by atoms with Crippen LogP contribution in [0.5, 0.6) is 0 Å². The minimum atomic E-state index is -0.968. The summed E-state index contributed by atoms with van der Waals surface area (Å²) in [4.78, 5) is 23.3. The van der Waals surface area contributed by atoms with Gasteiger partial charge in [-0.05, 0) is 30.7 Å². The van der Waals surface area contributed by atoms with Crippen molar-refractivity contribution in [1.29, 1.82) is 0 Å². The van der Waals surface area contributed by atoms with Crippen molar-refractivity contribution in [2.24, 2.45) is 5.92 Å². The maximum absolute atomic E-state index is 12.0. The highest BCUT2D eigenvalue weighted by molar-refractivity contribution is 5.92. The van der Waals surface area contributed by atoms with Gasteiger partial charge in [-0.25, -0.2) is 0 Å². The normalized spacial score (nSPS) is 13.7. The SMILES string of the molecule is CC(C(=O)O)C(NC(=O)C=Cc1ccco1)c1ccccc1. The number of carbonyl (C=O) groups excluding carboxylic acids is 1. The molecule has 0 spiro atoms. The first-order valence-electron chi connectivity index (χ1n) is 6.88. The number of aliphatic carboxylic acids is 1. The van der Waals surface area contributed by atoms with Gasteiger partial charge in [-0.3, -0.25) is 9.59 Å². The molecular formula is C17H17NO4. The summed E-state index contributed by atoms with van der Waals surface area (Å²) in [6, 6.07) is 11.9. The molecule has 2 rings (SSSR count). The van der Waals surface area contributed by atoms with E-state index < -0.39 is 17.9 Å². The van der Waals surface area contributed by atoms with E-state index in [-0.39, 0.29) is 5.91 Å². The number of rotatable bonds is 6. The van der Waals surface area contributed by atoms with Crippen LogP contribution in [0.1, 0.15) is 24.3 Å². The first-order valence-corrected chi connectivity index (χ1v) is 6.88. The van der Waals surface area contributed by atoms with Gasteiger partial charge in [0.1, 0.15) is 5.76 Å². The molecule has 0 radical (unpaired) electrons. The first kappa shape index (κ1) is 15.6. The summed E-state index contributed by atoms with van der Waals surface area (Å²) < 4.78 is 5.10. The van der Waals surface area contributed by atoms with Crippen molar-refractivity contribution in [3.63, 3.8) is 0 Å². The number of amides is 1. The van der Waals surface area contributed by atoms with Crippen LogP contribution in [0.15, 0.2) is 59.2 Å². The fourth-order valence-corrected chi connectivity index (χ4v) is 2.05. The molecule has 0 aliphatic carbocycles. The largest absolute Gasteiger partial charge is 0.481 e. The number of carbonyl (C=O) groups is 2. The van der Waals surface area contributed by atoms with Crippen LogP contribution in [-0.2, 0) is 9.59 Å². The Bertz CT molecular complexity index is 647. The summed E-state index contributed by atoms with van der Waals surface area (Å²) in [7, 11) is 0. The molecule has 1 aromatic heterocycles. The maximum atomic E-state index is 12.0. The molecular weight excluding hydrogens is 282 g/mol. The van der Waals surface area contributed by atoms with Crippen LogP contribution in [0.25, 0.3) is 6.08 Å². The van der Waals surface area contributed by atoms with Gasteiger partial charge in [0.2, 0.25) is 5.91 Å². The van der Waals surface area contributed by atoms with E-state index in [1.54, 1.807) is 31.2 Å². The molecule has 2 N–H and O–H groups in total. The second-order valence-electron chi connectivity index (χ2n) is 4.87. The Labute approximate surface area is 128 Å². The summed E-state index contributed by atoms with van der Waals surface area (Å²) in [5, 5.41) is 12.0. The molecule has 2 unspecified atom stereocenters. The minimum Gasteiger partial charge on any atom is -0.481 e. The van der Waals surface area contributed by atoms with Crippen molar-refractivity contribution in [1.82, 2.24) is 5.32 Å². The lowest BCUT2D eigenvalue weighted by molar-refractivity contribution is -0.142. The summed E-state index contributed by atoms with van der Waals surface area (Å²) in [5.41, 5.74) is 0.747. The Hall–Kier alpha value is -2.82. The smallest absolute Gasteiger partial charge is 0.308 e. The number of carboxylic acid groups (broad SMARTS) is 1. The van der Waals surface area contributed by atoms with Crippen LogP contribution < -0.4 is 5.32 Å². The van der Waals surface area contributed by atoms with E-state index >= 15 is 0 Å². The van der Waals surface area contributed by atoms with Gasteiger partial charge in [0.15, 0.2) is 0 Å². The molecule has 2 aromatic rings. The molecule has 0 bridgehead atoms. The van der Waals surface area contributed by atoms with Gasteiger partial charge < -0.3 is 14.8 Å². The van der Waals surface area contributed by atoms with Crippen molar-refractivity contribution in [2.75, 3.05) is 0 Å². The van der Waals surface area contributed by atoms with E-state index in [0.717, 1.165) is 5.56 Å². The molecule has 0 saturated carbocycles. The van der Waals surface area contributed by atoms with Gasteiger partial charge in [0, 0.05) is 6.08 Å². The van der Waals surface area contributed by atoms with Crippen LogP contribution in [-0.4, -0.2) is 17.0 Å². The van der Waals surface area contributed by atoms with Crippen molar-refractivity contribution in [3.05, 3.63) is 66.1 Å². The highest BCUT2D eigenvalue weighted by atomic mass is 16.4. The molecule has 0 saturated heterocycles. The zero-order valence-electron chi connectivity index (χ0n) is 12.1. The van der Waals surface area contributed by atoms with Gasteiger partial charge in [-0.1, -0.05) is 30.3 Å². The summed E-state index contributed by atoms with van der Waals surface area (Å²) in [6.45, 7) is 1.57. The lowest BCUT2D eigenvalue weighted by Crippen LogP contribution is -2.34. The number of hydrogen-bond donors (Lipinski definition) is 2. The molecule has 1 aromatic carbocycles.